The highest BCUT2D eigenvalue weighted by molar-refractivity contribution is 6.30. The summed E-state index contributed by atoms with van der Waals surface area (Å²) in [5, 5.41) is 0.0995. The second kappa shape index (κ2) is 6.25. The minimum atomic E-state index is -0.441. The number of aryl methyl sites for hydroxylation is 1. The van der Waals surface area contributed by atoms with Crippen LogP contribution in [0.4, 0.5) is 4.39 Å². The van der Waals surface area contributed by atoms with Crippen LogP contribution < -0.4 is 10.5 Å². The van der Waals surface area contributed by atoms with Gasteiger partial charge in [-0.3, -0.25) is 0 Å². The normalized spacial score (nSPS) is 12.2. The van der Waals surface area contributed by atoms with Crippen molar-refractivity contribution in [2.75, 3.05) is 0 Å². The van der Waals surface area contributed by atoms with Crippen LogP contribution in [0.15, 0.2) is 36.4 Å². The average Bonchev–Trinajstić information content (AvgIpc) is 2.41. The van der Waals surface area contributed by atoms with Gasteiger partial charge in [0, 0.05) is 17.2 Å². The Morgan fingerprint density at radius 3 is 2.75 bits per heavy atom. The van der Waals surface area contributed by atoms with Crippen molar-refractivity contribution in [1.82, 2.24) is 0 Å². The van der Waals surface area contributed by atoms with Gasteiger partial charge in [-0.05, 0) is 26.0 Å². The molecule has 0 saturated carbocycles. The highest BCUT2D eigenvalue weighted by Gasteiger charge is 2.11. The summed E-state index contributed by atoms with van der Waals surface area (Å²) >= 11 is 5.75. The van der Waals surface area contributed by atoms with Crippen molar-refractivity contribution in [2.45, 2.75) is 26.5 Å². The second-order valence-electron chi connectivity index (χ2n) is 4.83. The van der Waals surface area contributed by atoms with Crippen LogP contribution in [0.3, 0.4) is 0 Å². The Hall–Kier alpha value is -1.58. The van der Waals surface area contributed by atoms with Gasteiger partial charge in [0.05, 0.1) is 5.02 Å². The summed E-state index contributed by atoms with van der Waals surface area (Å²) in [4.78, 5) is 0. The van der Waals surface area contributed by atoms with Gasteiger partial charge >= 0.3 is 0 Å². The van der Waals surface area contributed by atoms with Gasteiger partial charge in [0.15, 0.2) is 0 Å². The molecule has 0 saturated heterocycles. The van der Waals surface area contributed by atoms with Crippen molar-refractivity contribution < 1.29 is 9.13 Å². The van der Waals surface area contributed by atoms with E-state index in [1.807, 2.05) is 32.0 Å². The molecule has 2 aromatic carbocycles. The van der Waals surface area contributed by atoms with E-state index in [4.69, 9.17) is 22.1 Å². The van der Waals surface area contributed by atoms with Crippen LogP contribution in [0.2, 0.25) is 5.02 Å². The van der Waals surface area contributed by atoms with Crippen LogP contribution in [0.25, 0.3) is 0 Å². The van der Waals surface area contributed by atoms with Crippen molar-refractivity contribution in [1.29, 1.82) is 0 Å². The van der Waals surface area contributed by atoms with E-state index in [1.165, 1.54) is 6.07 Å². The molecule has 0 amide bonds. The minimum Gasteiger partial charge on any atom is -0.488 e. The molecule has 2 nitrogen and oxygen atoms in total. The fourth-order valence-corrected chi connectivity index (χ4v) is 2.16. The van der Waals surface area contributed by atoms with Crippen LogP contribution in [-0.2, 0) is 6.61 Å². The van der Waals surface area contributed by atoms with Crippen LogP contribution in [0.1, 0.15) is 29.7 Å². The molecule has 2 rings (SSSR count). The van der Waals surface area contributed by atoms with Gasteiger partial charge in [0.2, 0.25) is 0 Å². The molecule has 1 unspecified atom stereocenters. The van der Waals surface area contributed by atoms with Crippen LogP contribution >= 0.6 is 11.6 Å². The standard InChI is InChI=1S/C16H17ClFNO/c1-10-6-7-15(13(8-10)11(2)19)20-9-12-4-3-5-14(17)16(12)18/h3-8,11H,9,19H2,1-2H3. The van der Waals surface area contributed by atoms with Crippen LogP contribution in [0.5, 0.6) is 5.75 Å². The van der Waals surface area contributed by atoms with E-state index in [2.05, 4.69) is 0 Å². The molecule has 0 aliphatic rings. The maximum atomic E-state index is 13.8. The fraction of sp³-hybridized carbons (Fsp3) is 0.250. The second-order valence-corrected chi connectivity index (χ2v) is 5.24. The summed E-state index contributed by atoms with van der Waals surface area (Å²) in [5.41, 5.74) is 8.38. The molecule has 2 N–H and O–H groups in total. The lowest BCUT2D eigenvalue weighted by molar-refractivity contribution is 0.295. The molecule has 0 bridgehead atoms. The third kappa shape index (κ3) is 3.30. The molecule has 0 spiro atoms. The highest BCUT2D eigenvalue weighted by Crippen LogP contribution is 2.27. The first-order valence-corrected chi connectivity index (χ1v) is 6.78. The maximum Gasteiger partial charge on any atom is 0.148 e. The number of hydrogen-bond acceptors (Lipinski definition) is 2. The molecule has 0 aromatic heterocycles. The van der Waals surface area contributed by atoms with Crippen molar-refractivity contribution in [2.24, 2.45) is 5.73 Å². The van der Waals surface area contributed by atoms with E-state index >= 15 is 0 Å². The van der Waals surface area contributed by atoms with Crippen molar-refractivity contribution in [3.8, 4) is 5.75 Å². The van der Waals surface area contributed by atoms with Crippen LogP contribution in [-0.4, -0.2) is 0 Å². The molecule has 0 aliphatic heterocycles. The van der Waals surface area contributed by atoms with Gasteiger partial charge in [0.25, 0.3) is 0 Å². The smallest absolute Gasteiger partial charge is 0.148 e. The number of hydrogen-bond donors (Lipinski definition) is 1. The summed E-state index contributed by atoms with van der Waals surface area (Å²) in [6.45, 7) is 4.00. The van der Waals surface area contributed by atoms with E-state index in [0.717, 1.165) is 11.1 Å². The molecular weight excluding hydrogens is 277 g/mol. The molecule has 1 atom stereocenters. The first kappa shape index (κ1) is 14.8. The lowest BCUT2D eigenvalue weighted by Crippen LogP contribution is -2.09. The third-order valence-corrected chi connectivity index (χ3v) is 3.36. The molecule has 20 heavy (non-hydrogen) atoms. The van der Waals surface area contributed by atoms with Crippen molar-refractivity contribution in [3.63, 3.8) is 0 Å². The lowest BCUT2D eigenvalue weighted by atomic mass is 10.1. The quantitative estimate of drug-likeness (QED) is 0.907. The zero-order valence-corrected chi connectivity index (χ0v) is 12.2. The number of rotatable bonds is 4. The maximum absolute atomic E-state index is 13.8. The Labute approximate surface area is 123 Å². The predicted molar refractivity (Wildman–Crippen MR) is 79.5 cm³/mol. The average molecular weight is 294 g/mol. The van der Waals surface area contributed by atoms with Gasteiger partial charge in [-0.2, -0.15) is 0 Å². The number of ether oxygens (including phenoxy) is 1. The van der Waals surface area contributed by atoms with Gasteiger partial charge < -0.3 is 10.5 Å². The summed E-state index contributed by atoms with van der Waals surface area (Å²) in [5.74, 6) is 0.230. The SMILES string of the molecule is Cc1ccc(OCc2cccc(Cl)c2F)c(C(C)N)c1. The summed E-state index contributed by atoms with van der Waals surface area (Å²) in [6, 6.07) is 10.5. The molecular formula is C16H17ClFNO. The number of benzene rings is 2. The van der Waals surface area contributed by atoms with Gasteiger partial charge in [-0.15, -0.1) is 0 Å². The van der Waals surface area contributed by atoms with Gasteiger partial charge in [-0.1, -0.05) is 41.4 Å². The number of halogens is 2. The fourth-order valence-electron chi connectivity index (χ4n) is 1.97. The Morgan fingerprint density at radius 1 is 1.30 bits per heavy atom. The van der Waals surface area contributed by atoms with Crippen molar-refractivity contribution in [3.05, 3.63) is 63.9 Å². The summed E-state index contributed by atoms with van der Waals surface area (Å²) in [6.07, 6.45) is 0. The third-order valence-electron chi connectivity index (χ3n) is 3.07. The van der Waals surface area contributed by atoms with Gasteiger partial charge in [-0.25, -0.2) is 4.39 Å². The monoisotopic (exact) mass is 293 g/mol. The molecule has 106 valence electrons. The van der Waals surface area contributed by atoms with E-state index in [1.54, 1.807) is 12.1 Å². The first-order chi connectivity index (χ1) is 9.49. The van der Waals surface area contributed by atoms with Crippen LogP contribution in [0, 0.1) is 12.7 Å². The largest absolute Gasteiger partial charge is 0.488 e. The molecule has 2 aromatic rings. The minimum absolute atomic E-state index is 0.0995. The number of nitrogens with two attached hydrogens (primary N) is 1. The van der Waals surface area contributed by atoms with E-state index in [9.17, 15) is 4.39 Å². The van der Waals surface area contributed by atoms with Gasteiger partial charge in [0.1, 0.15) is 18.2 Å². The van der Waals surface area contributed by atoms with E-state index in [-0.39, 0.29) is 17.7 Å². The zero-order valence-electron chi connectivity index (χ0n) is 11.5. The highest BCUT2D eigenvalue weighted by atomic mass is 35.5. The predicted octanol–water partition coefficient (Wildman–Crippen LogP) is 4.39. The molecule has 0 aliphatic carbocycles. The zero-order chi connectivity index (χ0) is 14.7. The molecule has 0 heterocycles. The van der Waals surface area contributed by atoms with E-state index < -0.39 is 5.82 Å². The first-order valence-electron chi connectivity index (χ1n) is 6.41. The summed E-state index contributed by atoms with van der Waals surface area (Å²) in [7, 11) is 0. The topological polar surface area (TPSA) is 35.2 Å². The molecule has 0 radical (unpaired) electrons. The Bertz CT molecular complexity index is 613. The summed E-state index contributed by atoms with van der Waals surface area (Å²) < 4.78 is 19.5. The lowest BCUT2D eigenvalue weighted by Gasteiger charge is -2.15. The Kier molecular flexibility index (Phi) is 4.63. The Morgan fingerprint density at radius 2 is 2.05 bits per heavy atom. The Balaban J connectivity index is 2.21. The van der Waals surface area contributed by atoms with E-state index in [0.29, 0.717) is 11.3 Å². The molecule has 0 fully saturated rings. The van der Waals surface area contributed by atoms with Crippen molar-refractivity contribution >= 4 is 11.6 Å². The molecule has 4 heteroatoms.